The van der Waals surface area contributed by atoms with Gasteiger partial charge in [-0.1, -0.05) is 12.1 Å². The fourth-order valence-electron chi connectivity index (χ4n) is 1.74. The van der Waals surface area contributed by atoms with Crippen LogP contribution in [0.15, 0.2) is 36.5 Å². The summed E-state index contributed by atoms with van der Waals surface area (Å²) in [5.41, 5.74) is 2.34. The Kier molecular flexibility index (Phi) is 3.47. The molecule has 0 aliphatic rings. The summed E-state index contributed by atoms with van der Waals surface area (Å²) in [5, 5.41) is 18.0. The van der Waals surface area contributed by atoms with Crippen molar-refractivity contribution in [1.82, 2.24) is 4.98 Å². The summed E-state index contributed by atoms with van der Waals surface area (Å²) in [5.74, 6) is -2.01. The van der Waals surface area contributed by atoms with Crippen LogP contribution in [0.1, 0.15) is 11.1 Å². The molecule has 0 amide bonds. The van der Waals surface area contributed by atoms with Gasteiger partial charge in [0.05, 0.1) is 0 Å². The van der Waals surface area contributed by atoms with Gasteiger partial charge >= 0.3 is 11.9 Å². The molecule has 1 heterocycles. The number of rotatable bonds is 4. The van der Waals surface area contributed by atoms with E-state index in [1.807, 2.05) is 6.07 Å². The molecule has 0 atom stereocenters. The molecule has 0 aliphatic heterocycles. The number of nitrogens with one attached hydrogen (secondary N) is 1. The molecule has 0 unspecified atom stereocenters. The average Bonchev–Trinajstić information content (AvgIpc) is 2.76. The maximum atomic E-state index is 10.5. The van der Waals surface area contributed by atoms with Gasteiger partial charge in [-0.05, 0) is 23.8 Å². The van der Waals surface area contributed by atoms with E-state index in [1.165, 1.54) is 12.2 Å². The van der Waals surface area contributed by atoms with E-state index >= 15 is 0 Å². The van der Waals surface area contributed by atoms with E-state index in [2.05, 4.69) is 4.98 Å². The van der Waals surface area contributed by atoms with Crippen LogP contribution in [0, 0.1) is 0 Å². The first-order chi connectivity index (χ1) is 9.06. The lowest BCUT2D eigenvalue weighted by Crippen LogP contribution is -1.86. The maximum absolute atomic E-state index is 10.5. The molecular weight excluding hydrogens is 246 g/mol. The summed E-state index contributed by atoms with van der Waals surface area (Å²) in [6.45, 7) is 0. The van der Waals surface area contributed by atoms with Crippen molar-refractivity contribution < 1.29 is 19.8 Å². The monoisotopic (exact) mass is 257 g/mol. The van der Waals surface area contributed by atoms with Crippen LogP contribution in [0.4, 0.5) is 0 Å². The van der Waals surface area contributed by atoms with Crippen molar-refractivity contribution in [2.75, 3.05) is 0 Å². The Balaban J connectivity index is 2.36. The van der Waals surface area contributed by atoms with Gasteiger partial charge in [0, 0.05) is 34.8 Å². The van der Waals surface area contributed by atoms with Gasteiger partial charge in [-0.3, -0.25) is 0 Å². The number of benzene rings is 1. The first-order valence-electron chi connectivity index (χ1n) is 5.49. The minimum absolute atomic E-state index is 0.755. The third-order valence-electron chi connectivity index (χ3n) is 2.56. The highest BCUT2D eigenvalue weighted by molar-refractivity contribution is 5.94. The maximum Gasteiger partial charge on any atom is 0.328 e. The zero-order valence-corrected chi connectivity index (χ0v) is 9.83. The van der Waals surface area contributed by atoms with Gasteiger partial charge in [-0.2, -0.15) is 0 Å². The van der Waals surface area contributed by atoms with Gasteiger partial charge in [0.1, 0.15) is 0 Å². The second kappa shape index (κ2) is 5.22. The third kappa shape index (κ3) is 3.10. The number of hydrogen-bond donors (Lipinski definition) is 3. The minimum atomic E-state index is -1.00. The lowest BCUT2D eigenvalue weighted by atomic mass is 10.1. The van der Waals surface area contributed by atoms with Crippen LogP contribution in [0.25, 0.3) is 23.1 Å². The number of hydrogen-bond acceptors (Lipinski definition) is 2. The molecule has 19 heavy (non-hydrogen) atoms. The standard InChI is InChI=1S/C14H11NO4/c16-13(17)5-2-9-1-4-11-10(3-6-14(18)19)8-15-12(11)7-9/h1-8,15H,(H,16,17)(H,18,19). The van der Waals surface area contributed by atoms with Crippen molar-refractivity contribution in [3.05, 3.63) is 47.7 Å². The molecule has 5 nitrogen and oxygen atoms in total. The van der Waals surface area contributed by atoms with Gasteiger partial charge in [0.2, 0.25) is 0 Å². The Labute approximate surface area is 108 Å². The molecule has 0 fully saturated rings. The number of aliphatic carboxylic acids is 2. The van der Waals surface area contributed by atoms with Crippen LogP contribution in [0.5, 0.6) is 0 Å². The average molecular weight is 257 g/mol. The van der Waals surface area contributed by atoms with E-state index < -0.39 is 11.9 Å². The van der Waals surface area contributed by atoms with Crippen molar-refractivity contribution in [3.63, 3.8) is 0 Å². The van der Waals surface area contributed by atoms with E-state index in [1.54, 1.807) is 18.3 Å². The first kappa shape index (κ1) is 12.6. The van der Waals surface area contributed by atoms with Gasteiger partial charge in [0.15, 0.2) is 0 Å². The number of carboxylic acids is 2. The second-order valence-corrected chi connectivity index (χ2v) is 3.89. The first-order valence-corrected chi connectivity index (χ1v) is 5.49. The number of carboxylic acid groups (broad SMARTS) is 2. The molecule has 1 aromatic heterocycles. The van der Waals surface area contributed by atoms with E-state index in [4.69, 9.17) is 10.2 Å². The highest BCUT2D eigenvalue weighted by atomic mass is 16.4. The van der Waals surface area contributed by atoms with Crippen molar-refractivity contribution in [2.45, 2.75) is 0 Å². The summed E-state index contributed by atoms with van der Waals surface area (Å²) < 4.78 is 0. The molecule has 0 aliphatic carbocycles. The highest BCUT2D eigenvalue weighted by Gasteiger charge is 2.02. The summed E-state index contributed by atoms with van der Waals surface area (Å²) in [4.78, 5) is 23.9. The third-order valence-corrected chi connectivity index (χ3v) is 2.56. The van der Waals surface area contributed by atoms with E-state index in [9.17, 15) is 9.59 Å². The summed E-state index contributed by atoms with van der Waals surface area (Å²) in [6.07, 6.45) is 6.84. The molecule has 2 rings (SSSR count). The van der Waals surface area contributed by atoms with E-state index in [0.29, 0.717) is 0 Å². The fourth-order valence-corrected chi connectivity index (χ4v) is 1.74. The molecular formula is C14H11NO4. The van der Waals surface area contributed by atoms with Crippen LogP contribution < -0.4 is 0 Å². The van der Waals surface area contributed by atoms with Gasteiger partial charge < -0.3 is 15.2 Å². The van der Waals surface area contributed by atoms with Crippen molar-refractivity contribution in [3.8, 4) is 0 Å². The number of carbonyl (C=O) groups is 2. The Hall–Kier alpha value is -2.82. The predicted molar refractivity (Wildman–Crippen MR) is 71.6 cm³/mol. The van der Waals surface area contributed by atoms with Crippen LogP contribution in [0.2, 0.25) is 0 Å². The van der Waals surface area contributed by atoms with Crippen molar-refractivity contribution in [1.29, 1.82) is 0 Å². The smallest absolute Gasteiger partial charge is 0.328 e. The fraction of sp³-hybridized carbons (Fsp3) is 0. The van der Waals surface area contributed by atoms with Crippen LogP contribution in [0.3, 0.4) is 0 Å². The molecule has 96 valence electrons. The Morgan fingerprint density at radius 3 is 2.42 bits per heavy atom. The predicted octanol–water partition coefficient (Wildman–Crippen LogP) is 2.36. The molecule has 2 aromatic rings. The Morgan fingerprint density at radius 2 is 1.74 bits per heavy atom. The number of aromatic amines is 1. The summed E-state index contributed by atoms with van der Waals surface area (Å²) >= 11 is 0. The van der Waals surface area contributed by atoms with E-state index in [-0.39, 0.29) is 0 Å². The van der Waals surface area contributed by atoms with Crippen molar-refractivity contribution in [2.24, 2.45) is 0 Å². The normalized spacial score (nSPS) is 11.6. The topological polar surface area (TPSA) is 90.4 Å². The second-order valence-electron chi connectivity index (χ2n) is 3.89. The molecule has 1 aromatic carbocycles. The number of H-pyrrole nitrogens is 1. The molecule has 0 saturated carbocycles. The van der Waals surface area contributed by atoms with E-state index in [0.717, 1.165) is 34.2 Å². The largest absolute Gasteiger partial charge is 0.478 e. The lowest BCUT2D eigenvalue weighted by Gasteiger charge is -1.95. The molecule has 0 radical (unpaired) electrons. The molecule has 0 bridgehead atoms. The molecule has 0 saturated heterocycles. The van der Waals surface area contributed by atoms with Gasteiger partial charge in [0.25, 0.3) is 0 Å². The van der Waals surface area contributed by atoms with Crippen LogP contribution >= 0.6 is 0 Å². The van der Waals surface area contributed by atoms with Crippen molar-refractivity contribution >= 4 is 35.0 Å². The van der Waals surface area contributed by atoms with Crippen LogP contribution in [-0.2, 0) is 9.59 Å². The summed E-state index contributed by atoms with van der Waals surface area (Å²) in [7, 11) is 0. The number of fused-ring (bicyclic) bond motifs is 1. The Bertz CT molecular complexity index is 695. The minimum Gasteiger partial charge on any atom is -0.478 e. The lowest BCUT2D eigenvalue weighted by molar-refractivity contribution is -0.132. The summed E-state index contributed by atoms with van der Waals surface area (Å²) in [6, 6.07) is 5.38. The zero-order valence-electron chi connectivity index (χ0n) is 9.83. The van der Waals surface area contributed by atoms with Crippen LogP contribution in [-0.4, -0.2) is 27.1 Å². The van der Waals surface area contributed by atoms with Gasteiger partial charge in [-0.15, -0.1) is 0 Å². The molecule has 3 N–H and O–H groups in total. The molecule has 5 heteroatoms. The molecule has 0 spiro atoms. The van der Waals surface area contributed by atoms with Gasteiger partial charge in [-0.25, -0.2) is 9.59 Å². The Morgan fingerprint density at radius 1 is 1.05 bits per heavy atom. The quantitative estimate of drug-likeness (QED) is 0.733. The zero-order chi connectivity index (χ0) is 13.8. The number of aromatic nitrogens is 1. The SMILES string of the molecule is O=C(O)C=Cc1ccc2c(C=CC(=O)O)c[nH]c2c1. The highest BCUT2D eigenvalue weighted by Crippen LogP contribution is 2.21.